The van der Waals surface area contributed by atoms with Crippen LogP contribution in [0.25, 0.3) is 5.69 Å². The van der Waals surface area contributed by atoms with Crippen molar-refractivity contribution in [1.29, 1.82) is 0 Å². The highest BCUT2D eigenvalue weighted by atomic mass is 32.2. The second-order valence-corrected chi connectivity index (χ2v) is 7.02. The molecule has 0 bridgehead atoms. The molecule has 2 aromatic rings. The normalized spacial score (nSPS) is 20.5. The first-order valence-corrected chi connectivity index (χ1v) is 8.36. The van der Waals surface area contributed by atoms with E-state index in [4.69, 9.17) is 0 Å². The molecule has 1 aliphatic rings. The van der Waals surface area contributed by atoms with Gasteiger partial charge in [-0.3, -0.25) is 0 Å². The molecule has 1 aliphatic heterocycles. The molecule has 1 N–H and O–H groups in total. The molecule has 6 nitrogen and oxygen atoms in total. The average Bonchev–Trinajstić information content (AvgIpc) is 2.99. The molecule has 1 aromatic heterocycles. The second-order valence-electron chi connectivity index (χ2n) is 5.13. The van der Waals surface area contributed by atoms with Gasteiger partial charge in [-0.1, -0.05) is 18.2 Å². The van der Waals surface area contributed by atoms with E-state index in [1.54, 1.807) is 10.9 Å². The maximum atomic E-state index is 12.7. The number of hydrogen-bond acceptors (Lipinski definition) is 4. The molecule has 1 saturated heterocycles. The van der Waals surface area contributed by atoms with Gasteiger partial charge in [0.15, 0.2) is 0 Å². The first-order valence-electron chi connectivity index (χ1n) is 6.92. The van der Waals surface area contributed by atoms with Crippen LogP contribution >= 0.6 is 0 Å². The molecule has 1 atom stereocenters. The number of nitrogens with one attached hydrogen (secondary N) is 1. The van der Waals surface area contributed by atoms with E-state index in [0.717, 1.165) is 5.69 Å². The van der Waals surface area contributed by atoms with Crippen LogP contribution in [0.5, 0.6) is 0 Å². The minimum Gasteiger partial charge on any atom is -0.314 e. The number of rotatable bonds is 3. The van der Waals surface area contributed by atoms with Gasteiger partial charge in [0, 0.05) is 25.7 Å². The first kappa shape index (κ1) is 14.2. The lowest BCUT2D eigenvalue weighted by atomic mass is 10.3. The third-order valence-electron chi connectivity index (χ3n) is 3.63. The van der Waals surface area contributed by atoms with Crippen molar-refractivity contribution >= 4 is 10.0 Å². The van der Waals surface area contributed by atoms with Crippen LogP contribution < -0.4 is 5.32 Å². The summed E-state index contributed by atoms with van der Waals surface area (Å²) in [5, 5.41) is 7.36. The van der Waals surface area contributed by atoms with E-state index < -0.39 is 10.0 Å². The summed E-state index contributed by atoms with van der Waals surface area (Å²) < 4.78 is 28.5. The summed E-state index contributed by atoms with van der Waals surface area (Å²) in [7, 11) is -3.49. The quantitative estimate of drug-likeness (QED) is 0.913. The molecule has 1 unspecified atom stereocenters. The molecule has 7 heteroatoms. The largest absolute Gasteiger partial charge is 0.314 e. The Balaban J connectivity index is 1.92. The lowest BCUT2D eigenvalue weighted by Crippen LogP contribution is -2.52. The minimum absolute atomic E-state index is 0.0520. The Morgan fingerprint density at radius 1 is 1.29 bits per heavy atom. The van der Waals surface area contributed by atoms with E-state index in [-0.39, 0.29) is 10.9 Å². The molecule has 0 saturated carbocycles. The van der Waals surface area contributed by atoms with Gasteiger partial charge in [0.25, 0.3) is 0 Å². The maximum Gasteiger partial charge on any atom is 0.246 e. The maximum absolute atomic E-state index is 12.7. The van der Waals surface area contributed by atoms with Crippen molar-refractivity contribution in [1.82, 2.24) is 19.4 Å². The Bertz CT molecular complexity index is 712. The summed E-state index contributed by atoms with van der Waals surface area (Å²) >= 11 is 0. The number of para-hydroxylation sites is 1. The predicted molar refractivity (Wildman–Crippen MR) is 79.8 cm³/mol. The number of nitrogens with zero attached hydrogens (tertiary/aromatic N) is 3. The second kappa shape index (κ2) is 5.59. The van der Waals surface area contributed by atoms with Crippen molar-refractivity contribution < 1.29 is 8.42 Å². The Hall–Kier alpha value is -1.70. The van der Waals surface area contributed by atoms with Crippen LogP contribution in [0.1, 0.15) is 6.92 Å². The fourth-order valence-electron chi connectivity index (χ4n) is 2.48. The average molecular weight is 306 g/mol. The molecular weight excluding hydrogens is 288 g/mol. The molecule has 0 amide bonds. The van der Waals surface area contributed by atoms with Gasteiger partial charge in [0.05, 0.1) is 18.1 Å². The van der Waals surface area contributed by atoms with Crippen LogP contribution in [0.2, 0.25) is 0 Å². The fraction of sp³-hybridized carbons (Fsp3) is 0.357. The third kappa shape index (κ3) is 2.72. The van der Waals surface area contributed by atoms with Gasteiger partial charge in [-0.05, 0) is 19.1 Å². The van der Waals surface area contributed by atoms with Gasteiger partial charge in [-0.2, -0.15) is 9.40 Å². The molecule has 21 heavy (non-hydrogen) atoms. The highest BCUT2D eigenvalue weighted by Gasteiger charge is 2.31. The Kier molecular flexibility index (Phi) is 3.79. The SMILES string of the molecule is CC1CNCCN1S(=O)(=O)c1cnn(-c2ccccc2)c1. The molecule has 1 fully saturated rings. The lowest BCUT2D eigenvalue weighted by Gasteiger charge is -2.32. The fourth-order valence-corrected chi connectivity index (χ4v) is 4.04. The summed E-state index contributed by atoms with van der Waals surface area (Å²) in [5.41, 5.74) is 0.840. The van der Waals surface area contributed by atoms with Crippen molar-refractivity contribution in [3.63, 3.8) is 0 Å². The zero-order valence-electron chi connectivity index (χ0n) is 11.8. The molecular formula is C14H18N4O2S. The molecule has 2 heterocycles. The van der Waals surface area contributed by atoms with Crippen LogP contribution in [0, 0.1) is 0 Å². The third-order valence-corrected chi connectivity index (χ3v) is 5.59. The summed E-state index contributed by atoms with van der Waals surface area (Å²) in [6.07, 6.45) is 2.98. The zero-order valence-corrected chi connectivity index (χ0v) is 12.6. The number of sulfonamides is 1. The number of aromatic nitrogens is 2. The van der Waals surface area contributed by atoms with E-state index in [9.17, 15) is 8.42 Å². The number of benzene rings is 1. The monoisotopic (exact) mass is 306 g/mol. The van der Waals surface area contributed by atoms with E-state index in [1.807, 2.05) is 37.3 Å². The van der Waals surface area contributed by atoms with Crippen LogP contribution in [0.3, 0.4) is 0 Å². The molecule has 3 rings (SSSR count). The van der Waals surface area contributed by atoms with Crippen LogP contribution in [0.15, 0.2) is 47.6 Å². The van der Waals surface area contributed by atoms with Crippen LogP contribution in [-0.2, 0) is 10.0 Å². The van der Waals surface area contributed by atoms with Gasteiger partial charge in [-0.25, -0.2) is 13.1 Å². The predicted octanol–water partition coefficient (Wildman–Crippen LogP) is 0.855. The van der Waals surface area contributed by atoms with Gasteiger partial charge in [-0.15, -0.1) is 0 Å². The first-order chi connectivity index (χ1) is 10.1. The Morgan fingerprint density at radius 2 is 2.05 bits per heavy atom. The van der Waals surface area contributed by atoms with Crippen molar-refractivity contribution in [3.05, 3.63) is 42.7 Å². The Labute approximate surface area is 124 Å². The van der Waals surface area contributed by atoms with E-state index in [2.05, 4.69) is 10.4 Å². The van der Waals surface area contributed by atoms with Crippen LogP contribution in [0.4, 0.5) is 0 Å². The molecule has 0 radical (unpaired) electrons. The van der Waals surface area contributed by atoms with Crippen LogP contribution in [-0.4, -0.2) is 48.2 Å². The zero-order chi connectivity index (χ0) is 14.9. The standard InChI is InChI=1S/C14H18N4O2S/c1-12-9-15-7-8-18(12)21(19,20)14-10-16-17(11-14)13-5-3-2-4-6-13/h2-6,10-12,15H,7-9H2,1H3. The number of piperazine rings is 1. The topological polar surface area (TPSA) is 67.2 Å². The summed E-state index contributed by atoms with van der Waals surface area (Å²) in [5.74, 6) is 0. The van der Waals surface area contributed by atoms with Crippen molar-refractivity contribution in [3.8, 4) is 5.69 Å². The Morgan fingerprint density at radius 3 is 2.76 bits per heavy atom. The van der Waals surface area contributed by atoms with E-state index >= 15 is 0 Å². The summed E-state index contributed by atoms with van der Waals surface area (Å²) in [4.78, 5) is 0.236. The molecule has 1 aromatic carbocycles. The van der Waals surface area contributed by atoms with Gasteiger partial charge < -0.3 is 5.32 Å². The summed E-state index contributed by atoms with van der Waals surface area (Å²) in [6, 6.07) is 9.41. The van der Waals surface area contributed by atoms with Crippen molar-refractivity contribution in [2.24, 2.45) is 0 Å². The van der Waals surface area contributed by atoms with Gasteiger partial charge in [0.2, 0.25) is 10.0 Å². The lowest BCUT2D eigenvalue weighted by molar-refractivity contribution is 0.284. The van der Waals surface area contributed by atoms with E-state index in [0.29, 0.717) is 19.6 Å². The van der Waals surface area contributed by atoms with Gasteiger partial charge in [0.1, 0.15) is 4.90 Å². The highest BCUT2D eigenvalue weighted by Crippen LogP contribution is 2.20. The van der Waals surface area contributed by atoms with Crippen molar-refractivity contribution in [2.45, 2.75) is 17.9 Å². The molecule has 0 spiro atoms. The molecule has 0 aliphatic carbocycles. The van der Waals surface area contributed by atoms with E-state index in [1.165, 1.54) is 10.5 Å². The van der Waals surface area contributed by atoms with Gasteiger partial charge >= 0.3 is 0 Å². The smallest absolute Gasteiger partial charge is 0.246 e. The minimum atomic E-state index is -3.49. The molecule has 112 valence electrons. The summed E-state index contributed by atoms with van der Waals surface area (Å²) in [6.45, 7) is 3.74. The van der Waals surface area contributed by atoms with Crippen molar-refractivity contribution in [2.75, 3.05) is 19.6 Å². The number of hydrogen-bond donors (Lipinski definition) is 1. The highest BCUT2D eigenvalue weighted by molar-refractivity contribution is 7.89.